The van der Waals surface area contributed by atoms with Crippen molar-refractivity contribution in [1.29, 1.82) is 0 Å². The van der Waals surface area contributed by atoms with Gasteiger partial charge in [0.15, 0.2) is 0 Å². The Morgan fingerprint density at radius 1 is 1.24 bits per heavy atom. The summed E-state index contributed by atoms with van der Waals surface area (Å²) in [5.74, 6) is -4.32. The van der Waals surface area contributed by atoms with Gasteiger partial charge in [0.1, 0.15) is 0 Å². The summed E-state index contributed by atoms with van der Waals surface area (Å²) in [6.07, 6.45) is -2.24. The second-order valence-electron chi connectivity index (χ2n) is 4.18. The van der Waals surface area contributed by atoms with E-state index in [-0.39, 0.29) is 0 Å². The van der Waals surface area contributed by atoms with E-state index >= 15 is 0 Å². The van der Waals surface area contributed by atoms with E-state index in [2.05, 4.69) is 6.08 Å². The molecule has 0 aromatic rings. The minimum absolute atomic E-state index is 1.08. The van der Waals surface area contributed by atoms with Crippen LogP contribution >= 0.6 is 0 Å². The molecule has 0 spiro atoms. The molecule has 7 heteroatoms. The Morgan fingerprint density at radius 3 is 1.88 bits per heavy atom. The van der Waals surface area contributed by atoms with Gasteiger partial charge in [0.25, 0.3) is 0 Å². The highest BCUT2D eigenvalue weighted by molar-refractivity contribution is 5.15. The first-order valence-electron chi connectivity index (χ1n) is 5.08. The van der Waals surface area contributed by atoms with Crippen LogP contribution in [-0.4, -0.2) is 23.6 Å². The molecular formula is C10H12F6O. The minimum atomic E-state index is -5.94. The Labute approximate surface area is 94.1 Å². The molecule has 2 rings (SSSR count). The molecule has 2 bridgehead atoms. The zero-order valence-electron chi connectivity index (χ0n) is 8.78. The molecule has 0 saturated heterocycles. The maximum Gasteiger partial charge on any atom is 0.454 e. The maximum atomic E-state index is 11.4. The number of alkyl halides is 6. The molecular weight excluding hydrogens is 250 g/mol. The molecule has 1 nitrogen and oxygen atoms in total. The van der Waals surface area contributed by atoms with Gasteiger partial charge in [-0.15, -0.1) is 0 Å². The maximum absolute atomic E-state index is 11.4. The van der Waals surface area contributed by atoms with Gasteiger partial charge in [-0.05, 0) is 31.6 Å². The summed E-state index contributed by atoms with van der Waals surface area (Å²) in [5.41, 5.74) is 1.74. The highest BCUT2D eigenvalue weighted by Crippen LogP contribution is 2.39. The van der Waals surface area contributed by atoms with Gasteiger partial charge in [-0.2, -0.15) is 17.6 Å². The van der Waals surface area contributed by atoms with Gasteiger partial charge in [-0.3, -0.25) is 0 Å². The second-order valence-corrected chi connectivity index (χ2v) is 4.18. The van der Waals surface area contributed by atoms with Crippen molar-refractivity contribution in [2.45, 2.75) is 44.1 Å². The standard InChI is InChI=1S/C7H10.C3H2F6O/c1-2-7-4-3-6(1)5-7;4-1(5)2(6,10)3(7,8)9/h1,7H,2-5H2;1,10H. The molecule has 0 aliphatic heterocycles. The normalized spacial score (nSPS) is 26.4. The summed E-state index contributed by atoms with van der Waals surface area (Å²) in [6, 6.07) is 0. The van der Waals surface area contributed by atoms with Gasteiger partial charge < -0.3 is 5.11 Å². The number of allylic oxidation sites excluding steroid dienone is 2. The molecule has 1 fully saturated rings. The summed E-state index contributed by atoms with van der Waals surface area (Å²) >= 11 is 0. The molecule has 1 N–H and O–H groups in total. The van der Waals surface area contributed by atoms with Crippen molar-refractivity contribution in [3.05, 3.63) is 11.6 Å². The van der Waals surface area contributed by atoms with Crippen LogP contribution < -0.4 is 0 Å². The van der Waals surface area contributed by atoms with E-state index in [9.17, 15) is 26.3 Å². The average Bonchev–Trinajstić information content (AvgIpc) is 2.79. The Morgan fingerprint density at radius 2 is 1.82 bits per heavy atom. The van der Waals surface area contributed by atoms with Gasteiger partial charge in [-0.25, -0.2) is 8.78 Å². The summed E-state index contributed by atoms with van der Waals surface area (Å²) in [6.45, 7) is 0. The fourth-order valence-corrected chi connectivity index (χ4v) is 1.81. The molecule has 17 heavy (non-hydrogen) atoms. The number of aliphatic hydroxyl groups is 1. The second kappa shape index (κ2) is 4.88. The van der Waals surface area contributed by atoms with Crippen LogP contribution in [0.15, 0.2) is 11.6 Å². The largest absolute Gasteiger partial charge is 0.454 e. The molecule has 0 radical (unpaired) electrons. The number of fused-ring (bicyclic) bond motifs is 2. The van der Waals surface area contributed by atoms with Crippen molar-refractivity contribution >= 4 is 0 Å². The van der Waals surface area contributed by atoms with Crippen LogP contribution in [0, 0.1) is 5.92 Å². The SMILES string of the molecule is C1=C2CCC(C1)C2.OC(F)(C(F)F)C(F)(F)F. The van der Waals surface area contributed by atoms with Gasteiger partial charge in [0.05, 0.1) is 0 Å². The number of rotatable bonds is 1. The fourth-order valence-electron chi connectivity index (χ4n) is 1.81. The van der Waals surface area contributed by atoms with Crippen molar-refractivity contribution in [3.63, 3.8) is 0 Å². The lowest BCUT2D eigenvalue weighted by Gasteiger charge is -2.20. The third kappa shape index (κ3) is 3.37. The van der Waals surface area contributed by atoms with E-state index in [1.807, 2.05) is 0 Å². The Balaban J connectivity index is 0.000000177. The topological polar surface area (TPSA) is 20.2 Å². The molecule has 2 unspecified atom stereocenters. The summed E-state index contributed by atoms with van der Waals surface area (Å²) in [5, 5.41) is 7.39. The summed E-state index contributed by atoms with van der Waals surface area (Å²) in [4.78, 5) is 0. The molecule has 0 aromatic carbocycles. The lowest BCUT2D eigenvalue weighted by atomic mass is 10.1. The van der Waals surface area contributed by atoms with E-state index in [1.165, 1.54) is 25.7 Å². The quantitative estimate of drug-likeness (QED) is 0.565. The lowest BCUT2D eigenvalue weighted by molar-refractivity contribution is -0.352. The Kier molecular flexibility index (Phi) is 4.11. The van der Waals surface area contributed by atoms with Crippen molar-refractivity contribution in [1.82, 2.24) is 0 Å². The van der Waals surface area contributed by atoms with Crippen LogP contribution in [-0.2, 0) is 0 Å². The Bertz CT molecular complexity index is 294. The highest BCUT2D eigenvalue weighted by Gasteiger charge is 2.62. The smallest absolute Gasteiger partial charge is 0.350 e. The molecule has 100 valence electrons. The zero-order chi connectivity index (χ0) is 13.3. The van der Waals surface area contributed by atoms with E-state index in [0.29, 0.717) is 0 Å². The first kappa shape index (κ1) is 14.3. The molecule has 0 heterocycles. The minimum Gasteiger partial charge on any atom is -0.350 e. The summed E-state index contributed by atoms with van der Waals surface area (Å²) < 4.78 is 66.3. The first-order valence-corrected chi connectivity index (χ1v) is 5.08. The van der Waals surface area contributed by atoms with Gasteiger partial charge in [-0.1, -0.05) is 11.6 Å². The highest BCUT2D eigenvalue weighted by atomic mass is 19.4. The van der Waals surface area contributed by atoms with Crippen molar-refractivity contribution in [2.75, 3.05) is 0 Å². The van der Waals surface area contributed by atoms with Crippen molar-refractivity contribution in [2.24, 2.45) is 5.92 Å². The van der Waals surface area contributed by atoms with Crippen LogP contribution in [0.4, 0.5) is 26.3 Å². The van der Waals surface area contributed by atoms with Gasteiger partial charge in [0.2, 0.25) is 0 Å². The van der Waals surface area contributed by atoms with Crippen molar-refractivity contribution in [3.8, 4) is 0 Å². The Hall–Kier alpha value is -0.720. The average molecular weight is 262 g/mol. The third-order valence-electron chi connectivity index (χ3n) is 2.85. The zero-order valence-corrected chi connectivity index (χ0v) is 8.78. The van der Waals surface area contributed by atoms with Gasteiger partial charge >= 0.3 is 18.5 Å². The van der Waals surface area contributed by atoms with E-state index in [0.717, 1.165) is 5.92 Å². The third-order valence-corrected chi connectivity index (χ3v) is 2.85. The van der Waals surface area contributed by atoms with Crippen LogP contribution in [0.2, 0.25) is 0 Å². The molecule has 2 aliphatic rings. The fraction of sp³-hybridized carbons (Fsp3) is 0.800. The van der Waals surface area contributed by atoms with Crippen LogP contribution in [0.3, 0.4) is 0 Å². The molecule has 0 aromatic heterocycles. The summed E-state index contributed by atoms with van der Waals surface area (Å²) in [7, 11) is 0. The predicted octanol–water partition coefficient (Wildman–Crippen LogP) is 3.59. The number of halogens is 6. The number of hydrogen-bond acceptors (Lipinski definition) is 1. The van der Waals surface area contributed by atoms with Crippen LogP contribution in [0.25, 0.3) is 0 Å². The van der Waals surface area contributed by atoms with E-state index in [4.69, 9.17) is 5.11 Å². The monoisotopic (exact) mass is 262 g/mol. The molecule has 1 saturated carbocycles. The lowest BCUT2D eigenvalue weighted by Crippen LogP contribution is -2.47. The van der Waals surface area contributed by atoms with E-state index < -0.39 is 18.5 Å². The molecule has 2 aliphatic carbocycles. The molecule has 2 atom stereocenters. The van der Waals surface area contributed by atoms with Gasteiger partial charge in [0, 0.05) is 0 Å². The van der Waals surface area contributed by atoms with E-state index in [1.54, 1.807) is 5.57 Å². The van der Waals surface area contributed by atoms with Crippen LogP contribution in [0.5, 0.6) is 0 Å². The van der Waals surface area contributed by atoms with Crippen molar-refractivity contribution < 1.29 is 31.4 Å². The molecule has 0 amide bonds. The first-order chi connectivity index (χ1) is 7.64. The number of hydrogen-bond donors (Lipinski definition) is 1. The predicted molar refractivity (Wildman–Crippen MR) is 48.2 cm³/mol. The van der Waals surface area contributed by atoms with Crippen LogP contribution in [0.1, 0.15) is 25.7 Å².